The first-order chi connectivity index (χ1) is 7.41. The van der Waals surface area contributed by atoms with Crippen molar-refractivity contribution in [3.8, 4) is 0 Å². The van der Waals surface area contributed by atoms with E-state index in [1.54, 1.807) is 0 Å². The van der Waals surface area contributed by atoms with Crippen LogP contribution in [-0.4, -0.2) is 11.9 Å². The quantitative estimate of drug-likeness (QED) is 0.806. The van der Waals surface area contributed by atoms with Crippen LogP contribution in [0.25, 0.3) is 0 Å². The third kappa shape index (κ3) is 4.81. The Morgan fingerprint density at radius 1 is 1.41 bits per heavy atom. The fourth-order valence-electron chi connectivity index (χ4n) is 1.29. The molecule has 0 bridgehead atoms. The topological polar surface area (TPSA) is 55.1 Å². The molecule has 5 heteroatoms. The summed E-state index contributed by atoms with van der Waals surface area (Å²) in [5.74, 6) is 0.0171. The molecule has 3 nitrogen and oxygen atoms in total. The first-order valence-corrected chi connectivity index (χ1v) is 6.32. The Bertz CT molecular complexity index is 396. The highest BCUT2D eigenvalue weighted by molar-refractivity contribution is 14.1. The first kappa shape index (κ1) is 16.7. The van der Waals surface area contributed by atoms with E-state index in [4.69, 9.17) is 5.73 Å². The van der Waals surface area contributed by atoms with E-state index in [-0.39, 0.29) is 24.2 Å². The number of hydrogen-bond donors (Lipinski definition) is 2. The zero-order valence-corrected chi connectivity index (χ0v) is 13.1. The number of amides is 1. The van der Waals surface area contributed by atoms with Crippen molar-refractivity contribution in [2.75, 3.05) is 5.32 Å². The Morgan fingerprint density at radius 3 is 2.47 bits per heavy atom. The van der Waals surface area contributed by atoms with Crippen LogP contribution in [0.3, 0.4) is 0 Å². The van der Waals surface area contributed by atoms with Gasteiger partial charge in [-0.25, -0.2) is 0 Å². The van der Waals surface area contributed by atoms with Crippen LogP contribution in [0, 0.1) is 16.4 Å². The van der Waals surface area contributed by atoms with Gasteiger partial charge >= 0.3 is 0 Å². The van der Waals surface area contributed by atoms with Gasteiger partial charge in [-0.05, 0) is 59.2 Å². The number of anilines is 1. The van der Waals surface area contributed by atoms with Crippen LogP contribution in [-0.2, 0) is 4.79 Å². The minimum atomic E-state index is -0.460. The van der Waals surface area contributed by atoms with Crippen molar-refractivity contribution in [3.05, 3.63) is 27.3 Å². The Labute approximate surface area is 122 Å². The first-order valence-electron chi connectivity index (χ1n) is 5.24. The van der Waals surface area contributed by atoms with E-state index in [1.807, 2.05) is 39.0 Å². The molecule has 0 aliphatic carbocycles. The van der Waals surface area contributed by atoms with E-state index in [0.717, 1.165) is 14.8 Å². The van der Waals surface area contributed by atoms with Gasteiger partial charge in [0.15, 0.2) is 0 Å². The van der Waals surface area contributed by atoms with Crippen LogP contribution in [0.5, 0.6) is 0 Å². The predicted octanol–water partition coefficient (Wildman–Crippen LogP) is 2.94. The summed E-state index contributed by atoms with van der Waals surface area (Å²) >= 11 is 2.24. The fourth-order valence-corrected chi connectivity index (χ4v) is 1.93. The van der Waals surface area contributed by atoms with Gasteiger partial charge in [-0.1, -0.05) is 13.8 Å². The summed E-state index contributed by atoms with van der Waals surface area (Å²) in [5, 5.41) is 2.85. The molecule has 96 valence electrons. The van der Waals surface area contributed by atoms with Crippen molar-refractivity contribution in [1.82, 2.24) is 0 Å². The highest BCUT2D eigenvalue weighted by Crippen LogP contribution is 2.18. The third-order valence-electron chi connectivity index (χ3n) is 2.47. The lowest BCUT2D eigenvalue weighted by molar-refractivity contribution is -0.118. The average molecular weight is 369 g/mol. The summed E-state index contributed by atoms with van der Waals surface area (Å²) in [7, 11) is 0. The van der Waals surface area contributed by atoms with Gasteiger partial charge in [0.1, 0.15) is 0 Å². The van der Waals surface area contributed by atoms with Crippen LogP contribution < -0.4 is 11.1 Å². The molecule has 0 spiro atoms. The molecule has 1 atom stereocenters. The minimum Gasteiger partial charge on any atom is -0.324 e. The van der Waals surface area contributed by atoms with E-state index in [9.17, 15) is 4.79 Å². The van der Waals surface area contributed by atoms with Gasteiger partial charge in [-0.3, -0.25) is 4.79 Å². The van der Waals surface area contributed by atoms with Crippen molar-refractivity contribution in [2.24, 2.45) is 11.7 Å². The lowest BCUT2D eigenvalue weighted by Gasteiger charge is -2.16. The Hall–Kier alpha value is -0.330. The molecule has 0 heterocycles. The standard InChI is InChI=1S/C12H17IN2O.ClH/c1-7(2)11(14)12(16)15-10-5-4-9(13)6-8(10)3;/h4-7,11H,14H2,1-3H3,(H,15,16);1H. The molecule has 17 heavy (non-hydrogen) atoms. The molecule has 1 unspecified atom stereocenters. The maximum Gasteiger partial charge on any atom is 0.241 e. The highest BCUT2D eigenvalue weighted by atomic mass is 127. The van der Waals surface area contributed by atoms with Crippen LogP contribution in [0.1, 0.15) is 19.4 Å². The maximum absolute atomic E-state index is 11.8. The molecule has 3 N–H and O–H groups in total. The molecule has 0 aromatic heterocycles. The van der Waals surface area contributed by atoms with Crippen molar-refractivity contribution >= 4 is 46.6 Å². The minimum absolute atomic E-state index is 0. The smallest absolute Gasteiger partial charge is 0.241 e. The summed E-state index contributed by atoms with van der Waals surface area (Å²) in [6.07, 6.45) is 0. The highest BCUT2D eigenvalue weighted by Gasteiger charge is 2.17. The van der Waals surface area contributed by atoms with Crippen LogP contribution >= 0.6 is 35.0 Å². The van der Waals surface area contributed by atoms with Crippen molar-refractivity contribution in [3.63, 3.8) is 0 Å². The number of nitrogens with one attached hydrogen (secondary N) is 1. The normalized spacial score (nSPS) is 11.9. The predicted molar refractivity (Wildman–Crippen MR) is 82.6 cm³/mol. The van der Waals surface area contributed by atoms with Gasteiger partial charge in [0.2, 0.25) is 5.91 Å². The molecule has 1 amide bonds. The number of carbonyl (C=O) groups is 1. The summed E-state index contributed by atoms with van der Waals surface area (Å²) in [6.45, 7) is 5.84. The van der Waals surface area contributed by atoms with E-state index in [2.05, 4.69) is 27.9 Å². The molecule has 0 radical (unpaired) electrons. The van der Waals surface area contributed by atoms with E-state index >= 15 is 0 Å². The van der Waals surface area contributed by atoms with Gasteiger partial charge in [-0.2, -0.15) is 0 Å². The number of hydrogen-bond acceptors (Lipinski definition) is 2. The monoisotopic (exact) mass is 368 g/mol. The molecular weight excluding hydrogens is 351 g/mol. The van der Waals surface area contributed by atoms with Crippen molar-refractivity contribution in [1.29, 1.82) is 0 Å². The molecular formula is C12H18ClIN2O. The van der Waals surface area contributed by atoms with Crippen molar-refractivity contribution in [2.45, 2.75) is 26.8 Å². The molecule has 0 fully saturated rings. The van der Waals surface area contributed by atoms with Gasteiger partial charge in [0.25, 0.3) is 0 Å². The molecule has 0 aliphatic heterocycles. The van der Waals surface area contributed by atoms with Gasteiger partial charge < -0.3 is 11.1 Å². The zero-order chi connectivity index (χ0) is 12.3. The summed E-state index contributed by atoms with van der Waals surface area (Å²) in [5.41, 5.74) is 7.66. The Balaban J connectivity index is 0.00000256. The Kier molecular flexibility index (Phi) is 7.04. The fraction of sp³-hybridized carbons (Fsp3) is 0.417. The average Bonchev–Trinajstić information content (AvgIpc) is 2.20. The number of benzene rings is 1. The lowest BCUT2D eigenvalue weighted by Crippen LogP contribution is -2.39. The number of aryl methyl sites for hydroxylation is 1. The second-order valence-electron chi connectivity index (χ2n) is 4.22. The second-order valence-corrected chi connectivity index (χ2v) is 5.46. The number of nitrogens with two attached hydrogens (primary N) is 1. The summed E-state index contributed by atoms with van der Waals surface area (Å²) < 4.78 is 1.15. The van der Waals surface area contributed by atoms with E-state index in [0.29, 0.717) is 0 Å². The number of halogens is 2. The molecule has 0 saturated carbocycles. The van der Waals surface area contributed by atoms with Crippen molar-refractivity contribution < 1.29 is 4.79 Å². The van der Waals surface area contributed by atoms with Gasteiger partial charge in [-0.15, -0.1) is 12.4 Å². The zero-order valence-electron chi connectivity index (χ0n) is 10.2. The molecule has 1 rings (SSSR count). The molecule has 1 aromatic carbocycles. The maximum atomic E-state index is 11.8. The number of rotatable bonds is 3. The SMILES string of the molecule is Cc1cc(I)ccc1NC(=O)C(N)C(C)C.Cl. The van der Waals surface area contributed by atoms with Crippen LogP contribution in [0.4, 0.5) is 5.69 Å². The molecule has 1 aromatic rings. The van der Waals surface area contributed by atoms with Gasteiger partial charge in [0, 0.05) is 9.26 Å². The Morgan fingerprint density at radius 2 is 2.00 bits per heavy atom. The van der Waals surface area contributed by atoms with Crippen LogP contribution in [0.15, 0.2) is 18.2 Å². The van der Waals surface area contributed by atoms with Crippen LogP contribution in [0.2, 0.25) is 0 Å². The summed E-state index contributed by atoms with van der Waals surface area (Å²) in [4.78, 5) is 11.8. The van der Waals surface area contributed by atoms with E-state index < -0.39 is 6.04 Å². The second kappa shape index (κ2) is 7.18. The van der Waals surface area contributed by atoms with E-state index in [1.165, 1.54) is 0 Å². The molecule has 0 saturated heterocycles. The lowest BCUT2D eigenvalue weighted by atomic mass is 10.0. The largest absolute Gasteiger partial charge is 0.324 e. The molecule has 0 aliphatic rings. The third-order valence-corrected chi connectivity index (χ3v) is 3.14. The summed E-state index contributed by atoms with van der Waals surface area (Å²) in [6, 6.07) is 5.43. The van der Waals surface area contributed by atoms with Gasteiger partial charge in [0.05, 0.1) is 6.04 Å². The number of carbonyl (C=O) groups excluding carboxylic acids is 1.